The van der Waals surface area contributed by atoms with E-state index < -0.39 is 0 Å². The predicted octanol–water partition coefficient (Wildman–Crippen LogP) is 2.15. The Bertz CT molecular complexity index is 417. The Morgan fingerprint density at radius 1 is 1.14 bits per heavy atom. The monoisotopic (exact) mass is 292 g/mol. The van der Waals surface area contributed by atoms with Crippen LogP contribution in [0.4, 0.5) is 0 Å². The van der Waals surface area contributed by atoms with Crippen molar-refractivity contribution in [2.24, 2.45) is 0 Å². The zero-order valence-corrected chi connectivity index (χ0v) is 13.3. The van der Waals surface area contributed by atoms with Crippen molar-refractivity contribution in [3.63, 3.8) is 0 Å². The molecule has 1 fully saturated rings. The van der Waals surface area contributed by atoms with Crippen LogP contribution >= 0.6 is 0 Å². The van der Waals surface area contributed by atoms with Gasteiger partial charge in [0.25, 0.3) is 0 Å². The average molecular weight is 292 g/mol. The van der Waals surface area contributed by atoms with Gasteiger partial charge in [0, 0.05) is 31.7 Å². The molecule has 1 aromatic carbocycles. The first-order chi connectivity index (χ1) is 10.3. The summed E-state index contributed by atoms with van der Waals surface area (Å²) in [5.74, 6) is 0.898. The third kappa shape index (κ3) is 4.19. The standard InChI is InChI=1S/C17H28N2O2/c1-3-9-18-10-12-19(13-11-18)16(14-20)15-7-5-6-8-17(15)21-4-2/h5-8,16,20H,3-4,9-14H2,1-2H3. The second kappa shape index (κ2) is 8.37. The van der Waals surface area contributed by atoms with Crippen molar-refractivity contribution >= 4 is 0 Å². The highest BCUT2D eigenvalue weighted by Crippen LogP contribution is 2.29. The van der Waals surface area contributed by atoms with Gasteiger partial charge in [-0.15, -0.1) is 0 Å². The van der Waals surface area contributed by atoms with E-state index in [-0.39, 0.29) is 12.6 Å². The minimum Gasteiger partial charge on any atom is -0.494 e. The Hall–Kier alpha value is -1.10. The summed E-state index contributed by atoms with van der Waals surface area (Å²) in [6.45, 7) is 10.4. The van der Waals surface area contributed by atoms with E-state index in [1.165, 1.54) is 13.0 Å². The van der Waals surface area contributed by atoms with Crippen molar-refractivity contribution in [3.05, 3.63) is 29.8 Å². The number of benzene rings is 1. The molecule has 1 aliphatic heterocycles. The summed E-state index contributed by atoms with van der Waals surface area (Å²) in [4.78, 5) is 4.88. The van der Waals surface area contributed by atoms with Crippen LogP contribution in [0.15, 0.2) is 24.3 Å². The molecule has 0 spiro atoms. The quantitative estimate of drug-likeness (QED) is 0.835. The third-order valence-electron chi connectivity index (χ3n) is 4.14. The Morgan fingerprint density at radius 3 is 2.48 bits per heavy atom. The van der Waals surface area contributed by atoms with E-state index in [2.05, 4.69) is 22.8 Å². The average Bonchev–Trinajstić information content (AvgIpc) is 2.52. The Labute approximate surface area is 128 Å². The van der Waals surface area contributed by atoms with Gasteiger partial charge >= 0.3 is 0 Å². The highest BCUT2D eigenvalue weighted by atomic mass is 16.5. The molecule has 4 nitrogen and oxygen atoms in total. The maximum Gasteiger partial charge on any atom is 0.124 e. The zero-order valence-electron chi connectivity index (χ0n) is 13.3. The van der Waals surface area contributed by atoms with Gasteiger partial charge in [-0.2, -0.15) is 0 Å². The van der Waals surface area contributed by atoms with Gasteiger partial charge in [0.1, 0.15) is 5.75 Å². The number of rotatable bonds is 7. The Kier molecular flexibility index (Phi) is 6.49. The maximum absolute atomic E-state index is 9.88. The highest BCUT2D eigenvalue weighted by Gasteiger charge is 2.26. The lowest BCUT2D eigenvalue weighted by Gasteiger charge is -2.39. The van der Waals surface area contributed by atoms with Gasteiger partial charge in [0.2, 0.25) is 0 Å². The van der Waals surface area contributed by atoms with Crippen LogP contribution in [0, 0.1) is 0 Å². The van der Waals surface area contributed by atoms with Crippen LogP contribution in [0.25, 0.3) is 0 Å². The number of hydrogen-bond donors (Lipinski definition) is 1. The number of piperazine rings is 1. The first-order valence-electron chi connectivity index (χ1n) is 8.09. The first-order valence-corrected chi connectivity index (χ1v) is 8.09. The van der Waals surface area contributed by atoms with Gasteiger partial charge in [-0.3, -0.25) is 4.90 Å². The zero-order chi connectivity index (χ0) is 15.1. The lowest BCUT2D eigenvalue weighted by molar-refractivity contribution is 0.0637. The lowest BCUT2D eigenvalue weighted by atomic mass is 10.0. The summed E-state index contributed by atoms with van der Waals surface area (Å²) in [5, 5.41) is 9.88. The van der Waals surface area contributed by atoms with Crippen molar-refractivity contribution in [2.45, 2.75) is 26.3 Å². The number of aliphatic hydroxyl groups excluding tert-OH is 1. The smallest absolute Gasteiger partial charge is 0.124 e. The summed E-state index contributed by atoms with van der Waals surface area (Å²) in [5.41, 5.74) is 1.10. The van der Waals surface area contributed by atoms with Gasteiger partial charge in [-0.25, -0.2) is 0 Å². The van der Waals surface area contributed by atoms with E-state index in [1.54, 1.807) is 0 Å². The SMILES string of the molecule is CCCN1CCN(C(CO)c2ccccc2OCC)CC1. The number of hydrogen-bond acceptors (Lipinski definition) is 4. The van der Waals surface area contributed by atoms with Crippen LogP contribution in [0.3, 0.4) is 0 Å². The van der Waals surface area contributed by atoms with Crippen LogP contribution in [-0.4, -0.2) is 60.8 Å². The van der Waals surface area contributed by atoms with Gasteiger partial charge in [0.15, 0.2) is 0 Å². The summed E-state index contributed by atoms with van der Waals surface area (Å²) in [7, 11) is 0. The summed E-state index contributed by atoms with van der Waals surface area (Å²) in [6, 6.07) is 8.12. The molecule has 1 atom stereocenters. The summed E-state index contributed by atoms with van der Waals surface area (Å²) < 4.78 is 5.72. The van der Waals surface area contributed by atoms with Gasteiger partial charge in [0.05, 0.1) is 19.3 Å². The van der Waals surface area contributed by atoms with Gasteiger partial charge in [-0.1, -0.05) is 25.1 Å². The molecule has 0 aromatic heterocycles. The molecule has 0 amide bonds. The summed E-state index contributed by atoms with van der Waals surface area (Å²) in [6.07, 6.45) is 1.20. The molecule has 0 bridgehead atoms. The number of para-hydroxylation sites is 1. The summed E-state index contributed by atoms with van der Waals surface area (Å²) >= 11 is 0. The maximum atomic E-state index is 9.88. The Morgan fingerprint density at radius 2 is 1.86 bits per heavy atom. The topological polar surface area (TPSA) is 35.9 Å². The van der Waals surface area contributed by atoms with Crippen molar-refractivity contribution < 1.29 is 9.84 Å². The van der Waals surface area contributed by atoms with E-state index in [0.717, 1.165) is 37.5 Å². The fraction of sp³-hybridized carbons (Fsp3) is 0.647. The molecule has 1 unspecified atom stereocenters. The molecule has 1 heterocycles. The van der Waals surface area contributed by atoms with E-state index >= 15 is 0 Å². The minimum absolute atomic E-state index is 0.0385. The molecular weight excluding hydrogens is 264 g/mol. The van der Waals surface area contributed by atoms with Crippen molar-refractivity contribution in [1.29, 1.82) is 0 Å². The number of aliphatic hydroxyl groups is 1. The minimum atomic E-state index is 0.0385. The largest absolute Gasteiger partial charge is 0.494 e. The molecule has 0 radical (unpaired) electrons. The van der Waals surface area contributed by atoms with E-state index in [1.807, 2.05) is 25.1 Å². The van der Waals surface area contributed by atoms with Crippen molar-refractivity contribution in [3.8, 4) is 5.75 Å². The molecule has 2 rings (SSSR count). The normalized spacial score (nSPS) is 18.6. The van der Waals surface area contributed by atoms with Crippen LogP contribution in [-0.2, 0) is 0 Å². The molecule has 1 saturated heterocycles. The number of nitrogens with zero attached hydrogens (tertiary/aromatic N) is 2. The molecule has 118 valence electrons. The van der Waals surface area contributed by atoms with Crippen molar-refractivity contribution in [1.82, 2.24) is 9.80 Å². The van der Waals surface area contributed by atoms with Crippen LogP contribution < -0.4 is 4.74 Å². The molecular formula is C17H28N2O2. The highest BCUT2D eigenvalue weighted by molar-refractivity contribution is 5.36. The van der Waals surface area contributed by atoms with Crippen molar-refractivity contribution in [2.75, 3.05) is 45.9 Å². The molecule has 1 aliphatic rings. The lowest BCUT2D eigenvalue weighted by Crippen LogP contribution is -2.48. The molecule has 1 N–H and O–H groups in total. The number of ether oxygens (including phenoxy) is 1. The van der Waals surface area contributed by atoms with Crippen LogP contribution in [0.5, 0.6) is 5.75 Å². The molecule has 0 saturated carbocycles. The first kappa shape index (κ1) is 16.3. The molecule has 0 aliphatic carbocycles. The second-order valence-corrected chi connectivity index (χ2v) is 5.55. The van der Waals surface area contributed by atoms with E-state index in [9.17, 15) is 5.11 Å². The second-order valence-electron chi connectivity index (χ2n) is 5.55. The van der Waals surface area contributed by atoms with Crippen LogP contribution in [0.1, 0.15) is 31.9 Å². The van der Waals surface area contributed by atoms with E-state index in [4.69, 9.17) is 4.74 Å². The van der Waals surface area contributed by atoms with E-state index in [0.29, 0.717) is 6.61 Å². The molecule has 4 heteroatoms. The fourth-order valence-electron chi connectivity index (χ4n) is 3.07. The predicted molar refractivity (Wildman–Crippen MR) is 85.7 cm³/mol. The third-order valence-corrected chi connectivity index (χ3v) is 4.14. The van der Waals surface area contributed by atoms with Crippen LogP contribution in [0.2, 0.25) is 0 Å². The fourth-order valence-corrected chi connectivity index (χ4v) is 3.07. The van der Waals surface area contributed by atoms with Gasteiger partial charge in [-0.05, 0) is 26.0 Å². The van der Waals surface area contributed by atoms with Gasteiger partial charge < -0.3 is 14.7 Å². The molecule has 1 aromatic rings. The molecule has 21 heavy (non-hydrogen) atoms. The Balaban J connectivity index is 2.06.